The summed E-state index contributed by atoms with van der Waals surface area (Å²) >= 11 is 0. The molecule has 0 saturated carbocycles. The van der Waals surface area contributed by atoms with Crippen molar-refractivity contribution in [1.29, 1.82) is 0 Å². The molecule has 2 rings (SSSR count). The van der Waals surface area contributed by atoms with E-state index in [1.54, 1.807) is 7.11 Å². The molecule has 18 heavy (non-hydrogen) atoms. The molecule has 0 unspecified atom stereocenters. The van der Waals surface area contributed by atoms with E-state index in [1.165, 1.54) is 5.56 Å². The third kappa shape index (κ3) is 2.64. The van der Waals surface area contributed by atoms with Gasteiger partial charge in [-0.3, -0.25) is 4.68 Å². The minimum absolute atomic E-state index is 0.349. The van der Waals surface area contributed by atoms with Crippen LogP contribution in [0.25, 0.3) is 0 Å². The van der Waals surface area contributed by atoms with Gasteiger partial charge in [0.15, 0.2) is 0 Å². The number of nitrogens with zero attached hydrogens (tertiary/aromatic N) is 2. The average molecular weight is 245 g/mol. The third-order valence-corrected chi connectivity index (χ3v) is 2.87. The molecule has 1 aromatic heterocycles. The van der Waals surface area contributed by atoms with E-state index in [9.17, 15) is 0 Å². The minimum atomic E-state index is 0.349. The molecular weight excluding hydrogens is 226 g/mol. The molecule has 0 spiro atoms. The van der Waals surface area contributed by atoms with Crippen LogP contribution in [0.3, 0.4) is 0 Å². The van der Waals surface area contributed by atoms with E-state index in [0.717, 1.165) is 23.7 Å². The molecule has 1 heterocycles. The van der Waals surface area contributed by atoms with Crippen molar-refractivity contribution in [2.45, 2.75) is 26.3 Å². The van der Waals surface area contributed by atoms with Gasteiger partial charge in [-0.2, -0.15) is 5.10 Å². The third-order valence-electron chi connectivity index (χ3n) is 2.87. The Morgan fingerprint density at radius 3 is 2.44 bits per heavy atom. The number of ether oxygens (including phenoxy) is 1. The molecule has 96 valence electrons. The first kappa shape index (κ1) is 12.5. The largest absolute Gasteiger partial charge is 0.497 e. The van der Waals surface area contributed by atoms with Crippen LogP contribution in [-0.4, -0.2) is 16.9 Å². The van der Waals surface area contributed by atoms with Crippen LogP contribution >= 0.6 is 0 Å². The fourth-order valence-corrected chi connectivity index (χ4v) is 1.90. The lowest BCUT2D eigenvalue weighted by molar-refractivity contribution is 0.414. The smallest absolute Gasteiger partial charge is 0.118 e. The quantitative estimate of drug-likeness (QED) is 0.901. The lowest BCUT2D eigenvalue weighted by Gasteiger charge is -2.04. The summed E-state index contributed by atoms with van der Waals surface area (Å²) in [6.45, 7) is 4.91. The number of nitrogen functional groups attached to an aromatic ring is 1. The zero-order valence-electron chi connectivity index (χ0n) is 11.1. The SMILES string of the molecule is COc1ccc(Cn2cc(N)c(C(C)C)n2)cc1. The van der Waals surface area contributed by atoms with E-state index < -0.39 is 0 Å². The molecule has 0 aliphatic rings. The lowest BCUT2D eigenvalue weighted by atomic mass is 10.1. The van der Waals surface area contributed by atoms with Gasteiger partial charge in [0, 0.05) is 6.20 Å². The highest BCUT2D eigenvalue weighted by Crippen LogP contribution is 2.20. The van der Waals surface area contributed by atoms with Crippen LogP contribution in [0.4, 0.5) is 5.69 Å². The molecule has 1 aromatic carbocycles. The van der Waals surface area contributed by atoms with E-state index in [0.29, 0.717) is 5.92 Å². The monoisotopic (exact) mass is 245 g/mol. The standard InChI is InChI=1S/C14H19N3O/c1-10(2)14-13(15)9-17(16-14)8-11-4-6-12(18-3)7-5-11/h4-7,9-10H,8,15H2,1-3H3. The van der Waals surface area contributed by atoms with Gasteiger partial charge in [0.05, 0.1) is 25.0 Å². The van der Waals surface area contributed by atoms with Gasteiger partial charge >= 0.3 is 0 Å². The van der Waals surface area contributed by atoms with E-state index in [-0.39, 0.29) is 0 Å². The molecule has 4 nitrogen and oxygen atoms in total. The number of aromatic nitrogens is 2. The van der Waals surface area contributed by atoms with Crippen molar-refractivity contribution < 1.29 is 4.74 Å². The predicted molar refractivity (Wildman–Crippen MR) is 72.8 cm³/mol. The number of methoxy groups -OCH3 is 1. The van der Waals surface area contributed by atoms with Crippen LogP contribution in [0.2, 0.25) is 0 Å². The van der Waals surface area contributed by atoms with Crippen LogP contribution in [-0.2, 0) is 6.54 Å². The van der Waals surface area contributed by atoms with E-state index >= 15 is 0 Å². The molecule has 0 aliphatic heterocycles. The van der Waals surface area contributed by atoms with Crippen molar-refractivity contribution in [2.75, 3.05) is 12.8 Å². The van der Waals surface area contributed by atoms with Crippen LogP contribution in [0, 0.1) is 0 Å². The van der Waals surface area contributed by atoms with E-state index in [4.69, 9.17) is 10.5 Å². The molecule has 4 heteroatoms. The second kappa shape index (κ2) is 5.12. The van der Waals surface area contributed by atoms with Crippen molar-refractivity contribution in [3.63, 3.8) is 0 Å². The molecule has 0 aliphatic carbocycles. The predicted octanol–water partition coefficient (Wildman–Crippen LogP) is 2.65. The average Bonchev–Trinajstić information content (AvgIpc) is 2.71. The van der Waals surface area contributed by atoms with Crippen LogP contribution < -0.4 is 10.5 Å². The Balaban J connectivity index is 2.15. The van der Waals surface area contributed by atoms with Gasteiger partial charge in [-0.25, -0.2) is 0 Å². The maximum atomic E-state index is 5.94. The minimum Gasteiger partial charge on any atom is -0.497 e. The summed E-state index contributed by atoms with van der Waals surface area (Å²) in [5.41, 5.74) is 8.84. The summed E-state index contributed by atoms with van der Waals surface area (Å²) in [6.07, 6.45) is 1.89. The Labute approximate surface area is 107 Å². The van der Waals surface area contributed by atoms with Crippen molar-refractivity contribution >= 4 is 5.69 Å². The first-order valence-electron chi connectivity index (χ1n) is 6.06. The zero-order valence-corrected chi connectivity index (χ0v) is 11.1. The summed E-state index contributed by atoms with van der Waals surface area (Å²) in [6, 6.07) is 7.97. The number of hydrogen-bond acceptors (Lipinski definition) is 3. The second-order valence-electron chi connectivity index (χ2n) is 4.67. The molecule has 0 saturated heterocycles. The molecule has 2 N–H and O–H groups in total. The van der Waals surface area contributed by atoms with Crippen LogP contribution in [0.1, 0.15) is 31.0 Å². The first-order valence-corrected chi connectivity index (χ1v) is 6.06. The highest BCUT2D eigenvalue weighted by atomic mass is 16.5. The van der Waals surface area contributed by atoms with Gasteiger partial charge in [-0.1, -0.05) is 26.0 Å². The van der Waals surface area contributed by atoms with Gasteiger partial charge in [0.1, 0.15) is 5.75 Å². The van der Waals surface area contributed by atoms with Gasteiger partial charge in [0.2, 0.25) is 0 Å². The number of benzene rings is 1. The lowest BCUT2D eigenvalue weighted by Crippen LogP contribution is -2.01. The van der Waals surface area contributed by atoms with Crippen molar-refractivity contribution in [3.05, 3.63) is 41.7 Å². The molecular formula is C14H19N3O. The van der Waals surface area contributed by atoms with Gasteiger partial charge in [0.25, 0.3) is 0 Å². The fraction of sp³-hybridized carbons (Fsp3) is 0.357. The molecule has 0 amide bonds. The molecule has 0 radical (unpaired) electrons. The van der Waals surface area contributed by atoms with Gasteiger partial charge < -0.3 is 10.5 Å². The number of anilines is 1. The summed E-state index contributed by atoms with van der Waals surface area (Å²) in [5.74, 6) is 1.21. The summed E-state index contributed by atoms with van der Waals surface area (Å²) in [5, 5.41) is 4.51. The van der Waals surface area contributed by atoms with E-state index in [2.05, 4.69) is 18.9 Å². The summed E-state index contributed by atoms with van der Waals surface area (Å²) < 4.78 is 7.01. The Hall–Kier alpha value is -1.97. The van der Waals surface area contributed by atoms with Crippen LogP contribution in [0.15, 0.2) is 30.5 Å². The molecule has 0 atom stereocenters. The normalized spacial score (nSPS) is 10.9. The maximum Gasteiger partial charge on any atom is 0.118 e. The summed E-state index contributed by atoms with van der Waals surface area (Å²) in [7, 11) is 1.66. The fourth-order valence-electron chi connectivity index (χ4n) is 1.90. The van der Waals surface area contributed by atoms with Crippen LogP contribution in [0.5, 0.6) is 5.75 Å². The number of rotatable bonds is 4. The number of hydrogen-bond donors (Lipinski definition) is 1. The summed E-state index contributed by atoms with van der Waals surface area (Å²) in [4.78, 5) is 0. The van der Waals surface area contributed by atoms with Crippen molar-refractivity contribution in [1.82, 2.24) is 9.78 Å². The second-order valence-corrected chi connectivity index (χ2v) is 4.67. The highest BCUT2D eigenvalue weighted by Gasteiger charge is 2.09. The molecule has 0 fully saturated rings. The zero-order chi connectivity index (χ0) is 13.1. The Morgan fingerprint density at radius 2 is 1.94 bits per heavy atom. The van der Waals surface area contributed by atoms with Crippen molar-refractivity contribution in [2.24, 2.45) is 0 Å². The maximum absolute atomic E-state index is 5.94. The number of nitrogens with two attached hydrogens (primary N) is 1. The molecule has 0 bridgehead atoms. The van der Waals surface area contributed by atoms with Crippen molar-refractivity contribution in [3.8, 4) is 5.75 Å². The van der Waals surface area contributed by atoms with Gasteiger partial charge in [-0.05, 0) is 23.6 Å². The Bertz CT molecular complexity index is 514. The Kier molecular flexibility index (Phi) is 3.55. The Morgan fingerprint density at radius 1 is 1.28 bits per heavy atom. The first-order chi connectivity index (χ1) is 8.60. The highest BCUT2D eigenvalue weighted by molar-refractivity contribution is 5.42. The van der Waals surface area contributed by atoms with E-state index in [1.807, 2.05) is 35.1 Å². The van der Waals surface area contributed by atoms with Gasteiger partial charge in [-0.15, -0.1) is 0 Å². The molecule has 2 aromatic rings. The topological polar surface area (TPSA) is 53.1 Å².